The number of hydrogen-bond acceptors (Lipinski definition) is 8. The fraction of sp³-hybridized carbons (Fsp3) is 0.500. The van der Waals surface area contributed by atoms with E-state index in [1.54, 1.807) is 0 Å². The van der Waals surface area contributed by atoms with Crippen molar-refractivity contribution in [3.63, 3.8) is 0 Å². The predicted octanol–water partition coefficient (Wildman–Crippen LogP) is 3.76. The second kappa shape index (κ2) is 18.6. The number of carbonyl (C=O) groups excluding carboxylic acids is 4. The van der Waals surface area contributed by atoms with Crippen LogP contribution in [0, 0.1) is 0 Å². The van der Waals surface area contributed by atoms with Gasteiger partial charge in [-0.1, -0.05) is 52.0 Å². The number of esters is 4. The largest absolute Gasteiger partial charge is 0.459 e. The van der Waals surface area contributed by atoms with E-state index in [9.17, 15) is 19.2 Å². The third-order valence-corrected chi connectivity index (χ3v) is 4.42. The van der Waals surface area contributed by atoms with Crippen molar-refractivity contribution >= 4 is 23.9 Å². The quantitative estimate of drug-likeness (QED) is 0.226. The molecule has 0 aromatic heterocycles. The molecule has 0 radical (unpaired) electrons. The molecule has 0 bridgehead atoms. The van der Waals surface area contributed by atoms with Crippen LogP contribution in [0.4, 0.5) is 0 Å². The van der Waals surface area contributed by atoms with E-state index >= 15 is 0 Å². The van der Waals surface area contributed by atoms with Gasteiger partial charge < -0.3 is 18.9 Å². The van der Waals surface area contributed by atoms with Gasteiger partial charge in [0.15, 0.2) is 0 Å². The molecule has 0 spiro atoms. The smallest absolute Gasteiger partial charge is 0.330 e. The summed E-state index contributed by atoms with van der Waals surface area (Å²) in [4.78, 5) is 43.7. The maximum Gasteiger partial charge on any atom is 0.330 e. The van der Waals surface area contributed by atoms with Crippen molar-refractivity contribution in [1.82, 2.24) is 0 Å². The highest BCUT2D eigenvalue weighted by molar-refractivity contribution is 5.82. The van der Waals surface area contributed by atoms with Gasteiger partial charge in [0.05, 0.1) is 0 Å². The Balaban J connectivity index is 0.000000687. The molecule has 0 aromatic rings. The van der Waals surface area contributed by atoms with Gasteiger partial charge in [0, 0.05) is 24.3 Å². The van der Waals surface area contributed by atoms with Crippen molar-refractivity contribution in [3.8, 4) is 0 Å². The summed E-state index contributed by atoms with van der Waals surface area (Å²) in [7, 11) is 0. The Bertz CT molecular complexity index is 596. The van der Waals surface area contributed by atoms with Crippen molar-refractivity contribution in [3.05, 3.63) is 50.6 Å². The summed E-state index contributed by atoms with van der Waals surface area (Å²) >= 11 is 0. The Morgan fingerprint density at radius 3 is 1.19 bits per heavy atom. The third kappa shape index (κ3) is 14.8. The van der Waals surface area contributed by atoms with Crippen LogP contribution in [0.15, 0.2) is 50.6 Å². The maximum absolute atomic E-state index is 11.4. The SMILES string of the molecule is C=CC(=O)OC1CCCCCCCCC1OC(=O)C=C.C=CC(=O)OCCOC(=O)C=C. The van der Waals surface area contributed by atoms with Crippen molar-refractivity contribution in [2.75, 3.05) is 13.2 Å². The van der Waals surface area contributed by atoms with Crippen LogP contribution in [-0.4, -0.2) is 49.3 Å². The van der Waals surface area contributed by atoms with E-state index in [1.807, 2.05) is 0 Å². The van der Waals surface area contributed by atoms with Gasteiger partial charge in [0.2, 0.25) is 0 Å². The lowest BCUT2D eigenvalue weighted by Crippen LogP contribution is -2.35. The zero-order valence-electron chi connectivity index (χ0n) is 18.6. The third-order valence-electron chi connectivity index (χ3n) is 4.42. The summed E-state index contributed by atoms with van der Waals surface area (Å²) in [6, 6.07) is 0. The Kier molecular flexibility index (Phi) is 16.8. The Morgan fingerprint density at radius 2 is 0.875 bits per heavy atom. The van der Waals surface area contributed by atoms with Crippen LogP contribution < -0.4 is 0 Å². The zero-order chi connectivity index (χ0) is 24.2. The number of rotatable bonds is 9. The molecule has 2 atom stereocenters. The summed E-state index contributed by atoms with van der Waals surface area (Å²) in [5.74, 6) is -2.01. The van der Waals surface area contributed by atoms with Crippen molar-refractivity contribution < 1.29 is 38.1 Å². The highest BCUT2D eigenvalue weighted by Crippen LogP contribution is 2.22. The van der Waals surface area contributed by atoms with E-state index in [1.165, 1.54) is 12.8 Å². The van der Waals surface area contributed by atoms with Crippen LogP contribution >= 0.6 is 0 Å². The van der Waals surface area contributed by atoms with Crippen LogP contribution in [-0.2, 0) is 38.1 Å². The Hall–Kier alpha value is -3.16. The molecule has 0 aliphatic heterocycles. The van der Waals surface area contributed by atoms with Gasteiger partial charge in [-0.15, -0.1) is 0 Å². The summed E-state index contributed by atoms with van der Waals surface area (Å²) < 4.78 is 19.8. The van der Waals surface area contributed by atoms with Gasteiger partial charge in [-0.2, -0.15) is 0 Å². The van der Waals surface area contributed by atoms with E-state index in [-0.39, 0.29) is 25.4 Å². The highest BCUT2D eigenvalue weighted by Gasteiger charge is 2.27. The molecule has 1 fully saturated rings. The first-order valence-electron chi connectivity index (χ1n) is 10.6. The summed E-state index contributed by atoms with van der Waals surface area (Å²) in [5, 5.41) is 0. The van der Waals surface area contributed by atoms with Gasteiger partial charge in [0.25, 0.3) is 0 Å². The lowest BCUT2D eigenvalue weighted by Gasteiger charge is -2.27. The van der Waals surface area contributed by atoms with Crippen LogP contribution in [0.3, 0.4) is 0 Å². The van der Waals surface area contributed by atoms with Gasteiger partial charge in [-0.05, 0) is 25.7 Å². The number of ether oxygens (including phenoxy) is 4. The Morgan fingerprint density at radius 1 is 0.562 bits per heavy atom. The second-order valence-electron chi connectivity index (χ2n) is 6.80. The fourth-order valence-corrected chi connectivity index (χ4v) is 2.84. The van der Waals surface area contributed by atoms with E-state index in [4.69, 9.17) is 9.47 Å². The summed E-state index contributed by atoms with van der Waals surface area (Å²) in [5.41, 5.74) is 0. The molecule has 32 heavy (non-hydrogen) atoms. The molecule has 178 valence electrons. The molecule has 1 aliphatic carbocycles. The molecule has 1 aliphatic rings. The van der Waals surface area contributed by atoms with Gasteiger partial charge in [-0.3, -0.25) is 0 Å². The molecule has 0 heterocycles. The van der Waals surface area contributed by atoms with E-state index in [2.05, 4.69) is 35.8 Å². The molecule has 2 unspecified atom stereocenters. The summed E-state index contributed by atoms with van der Waals surface area (Å²) in [6.07, 6.45) is 11.6. The number of carbonyl (C=O) groups is 4. The van der Waals surface area contributed by atoms with Crippen molar-refractivity contribution in [1.29, 1.82) is 0 Å². The topological polar surface area (TPSA) is 105 Å². The lowest BCUT2D eigenvalue weighted by atomic mass is 9.96. The fourth-order valence-electron chi connectivity index (χ4n) is 2.84. The van der Waals surface area contributed by atoms with Gasteiger partial charge >= 0.3 is 23.9 Å². The molecule has 0 aromatic carbocycles. The average Bonchev–Trinajstić information content (AvgIpc) is 2.81. The Labute approximate surface area is 189 Å². The highest BCUT2D eigenvalue weighted by atomic mass is 16.6. The molecule has 0 saturated heterocycles. The lowest BCUT2D eigenvalue weighted by molar-refractivity contribution is -0.163. The second-order valence-corrected chi connectivity index (χ2v) is 6.80. The average molecular weight is 451 g/mol. The molecule has 1 saturated carbocycles. The van der Waals surface area contributed by atoms with Crippen molar-refractivity contribution in [2.45, 2.75) is 63.6 Å². The molecular formula is C24H34O8. The standard InChI is InChI=1S/C16H24O4.C8H10O4/c1-3-15(17)19-13-11-9-7-5-6-8-10-12-14(13)20-16(18)4-2;1-3-7(9)11-5-6-12-8(10)4-2/h3-4,13-14H,1-2,5-12H2;3-4H,1-2,5-6H2. The maximum atomic E-state index is 11.4. The first-order valence-corrected chi connectivity index (χ1v) is 10.6. The minimum atomic E-state index is -0.537. The van der Waals surface area contributed by atoms with Crippen LogP contribution in [0.1, 0.15) is 51.4 Å². The normalized spacial score (nSPS) is 18.2. The first-order chi connectivity index (χ1) is 15.4. The molecular weight excluding hydrogens is 416 g/mol. The molecule has 1 rings (SSSR count). The van der Waals surface area contributed by atoms with E-state index in [0.717, 1.165) is 50.0 Å². The zero-order valence-corrected chi connectivity index (χ0v) is 18.6. The number of hydrogen-bond donors (Lipinski definition) is 0. The molecule has 8 heteroatoms. The molecule has 8 nitrogen and oxygen atoms in total. The van der Waals surface area contributed by atoms with Crippen molar-refractivity contribution in [2.24, 2.45) is 0 Å². The molecule has 0 N–H and O–H groups in total. The van der Waals surface area contributed by atoms with Crippen LogP contribution in [0.2, 0.25) is 0 Å². The van der Waals surface area contributed by atoms with Gasteiger partial charge in [-0.25, -0.2) is 19.2 Å². The van der Waals surface area contributed by atoms with Crippen LogP contribution in [0.5, 0.6) is 0 Å². The molecule has 0 amide bonds. The minimum absolute atomic E-state index is 0.0322. The van der Waals surface area contributed by atoms with E-state index in [0.29, 0.717) is 12.8 Å². The first kappa shape index (κ1) is 28.8. The minimum Gasteiger partial charge on any atom is -0.459 e. The predicted molar refractivity (Wildman–Crippen MR) is 119 cm³/mol. The van der Waals surface area contributed by atoms with E-state index < -0.39 is 23.9 Å². The monoisotopic (exact) mass is 450 g/mol. The summed E-state index contributed by atoms with van der Waals surface area (Å²) in [6.45, 7) is 13.3. The van der Waals surface area contributed by atoms with Crippen LogP contribution in [0.25, 0.3) is 0 Å². The van der Waals surface area contributed by atoms with Gasteiger partial charge in [0.1, 0.15) is 25.4 Å².